The van der Waals surface area contributed by atoms with Gasteiger partial charge in [0.15, 0.2) is 0 Å². The summed E-state index contributed by atoms with van der Waals surface area (Å²) < 4.78 is 10.6. The molecule has 0 bridgehead atoms. The SMILES string of the molecule is Cc1cc(OCCNC(=O)OC(C)(C)C)ccc1Cl. The zero-order chi connectivity index (χ0) is 14.5. The zero-order valence-electron chi connectivity index (χ0n) is 11.7. The Bertz CT molecular complexity index is 441. The molecule has 1 aromatic rings. The molecule has 0 atom stereocenters. The van der Waals surface area contributed by atoms with E-state index in [0.29, 0.717) is 18.2 Å². The van der Waals surface area contributed by atoms with Crippen molar-refractivity contribution in [3.63, 3.8) is 0 Å². The maximum Gasteiger partial charge on any atom is 0.407 e. The number of rotatable bonds is 4. The van der Waals surface area contributed by atoms with E-state index in [1.165, 1.54) is 0 Å². The number of benzene rings is 1. The number of hydrogen-bond donors (Lipinski definition) is 1. The Morgan fingerprint density at radius 1 is 1.37 bits per heavy atom. The van der Waals surface area contributed by atoms with Crippen molar-refractivity contribution in [1.29, 1.82) is 0 Å². The van der Waals surface area contributed by atoms with E-state index in [1.54, 1.807) is 12.1 Å². The molecule has 5 heteroatoms. The quantitative estimate of drug-likeness (QED) is 0.861. The minimum atomic E-state index is -0.488. The van der Waals surface area contributed by atoms with Crippen molar-refractivity contribution in [1.82, 2.24) is 5.32 Å². The van der Waals surface area contributed by atoms with Crippen molar-refractivity contribution < 1.29 is 14.3 Å². The van der Waals surface area contributed by atoms with E-state index in [1.807, 2.05) is 33.8 Å². The number of hydrogen-bond acceptors (Lipinski definition) is 3. The standard InChI is InChI=1S/C14H20ClNO3/c1-10-9-11(5-6-12(10)15)18-8-7-16-13(17)19-14(2,3)4/h5-6,9H,7-8H2,1-4H3,(H,16,17). The third-order valence-electron chi connectivity index (χ3n) is 2.17. The molecule has 0 spiro atoms. The van der Waals surface area contributed by atoms with Crippen molar-refractivity contribution in [3.05, 3.63) is 28.8 Å². The smallest absolute Gasteiger partial charge is 0.407 e. The molecule has 106 valence electrons. The van der Waals surface area contributed by atoms with Crippen LogP contribution in [0.4, 0.5) is 4.79 Å². The lowest BCUT2D eigenvalue weighted by atomic mass is 10.2. The highest BCUT2D eigenvalue weighted by molar-refractivity contribution is 6.31. The van der Waals surface area contributed by atoms with Gasteiger partial charge in [-0.2, -0.15) is 0 Å². The average molecular weight is 286 g/mol. The van der Waals surface area contributed by atoms with Gasteiger partial charge in [0.2, 0.25) is 0 Å². The summed E-state index contributed by atoms with van der Waals surface area (Å²) in [6, 6.07) is 5.44. The first-order valence-corrected chi connectivity index (χ1v) is 6.51. The van der Waals surface area contributed by atoms with Gasteiger partial charge in [0.1, 0.15) is 18.0 Å². The molecule has 0 heterocycles. The van der Waals surface area contributed by atoms with Crippen molar-refractivity contribution >= 4 is 17.7 Å². The lowest BCUT2D eigenvalue weighted by molar-refractivity contribution is 0.0520. The number of carbonyl (C=O) groups excluding carboxylic acids is 1. The van der Waals surface area contributed by atoms with E-state index in [-0.39, 0.29) is 0 Å². The van der Waals surface area contributed by atoms with Crippen LogP contribution in [0.25, 0.3) is 0 Å². The van der Waals surface area contributed by atoms with Crippen molar-refractivity contribution in [3.8, 4) is 5.75 Å². The third-order valence-corrected chi connectivity index (χ3v) is 2.59. The van der Waals surface area contributed by atoms with Crippen LogP contribution in [0.2, 0.25) is 5.02 Å². The van der Waals surface area contributed by atoms with Crippen LogP contribution in [0.3, 0.4) is 0 Å². The summed E-state index contributed by atoms with van der Waals surface area (Å²) in [6.07, 6.45) is -0.441. The summed E-state index contributed by atoms with van der Waals surface area (Å²) in [5, 5.41) is 3.33. The maximum atomic E-state index is 11.4. The van der Waals surface area contributed by atoms with E-state index >= 15 is 0 Å². The van der Waals surface area contributed by atoms with E-state index in [2.05, 4.69) is 5.32 Å². The number of halogens is 1. The zero-order valence-corrected chi connectivity index (χ0v) is 12.5. The molecule has 19 heavy (non-hydrogen) atoms. The minimum Gasteiger partial charge on any atom is -0.492 e. The van der Waals surface area contributed by atoms with Crippen LogP contribution < -0.4 is 10.1 Å². The Hall–Kier alpha value is -1.42. The summed E-state index contributed by atoms with van der Waals surface area (Å²) >= 11 is 5.92. The summed E-state index contributed by atoms with van der Waals surface area (Å²) in [4.78, 5) is 11.4. The van der Waals surface area contributed by atoms with Crippen LogP contribution in [0.1, 0.15) is 26.3 Å². The molecular weight excluding hydrogens is 266 g/mol. The van der Waals surface area contributed by atoms with Crippen LogP contribution >= 0.6 is 11.6 Å². The first-order valence-electron chi connectivity index (χ1n) is 6.14. The van der Waals surface area contributed by atoms with Gasteiger partial charge in [-0.05, 0) is 51.5 Å². The first kappa shape index (κ1) is 15.6. The topological polar surface area (TPSA) is 47.6 Å². The van der Waals surface area contributed by atoms with Crippen LogP contribution in [-0.4, -0.2) is 24.8 Å². The normalized spacial score (nSPS) is 11.0. The highest BCUT2D eigenvalue weighted by Crippen LogP contribution is 2.20. The number of ether oxygens (including phenoxy) is 2. The van der Waals surface area contributed by atoms with Gasteiger partial charge in [0.25, 0.3) is 0 Å². The Morgan fingerprint density at radius 2 is 2.05 bits per heavy atom. The number of amides is 1. The highest BCUT2D eigenvalue weighted by atomic mass is 35.5. The predicted octanol–water partition coefficient (Wildman–Crippen LogP) is 3.55. The second kappa shape index (κ2) is 6.66. The molecule has 1 rings (SSSR count). The van der Waals surface area contributed by atoms with Gasteiger partial charge >= 0.3 is 6.09 Å². The molecule has 0 unspecified atom stereocenters. The van der Waals surface area contributed by atoms with Gasteiger partial charge in [-0.15, -0.1) is 0 Å². The molecule has 0 aliphatic heterocycles. The molecular formula is C14H20ClNO3. The fourth-order valence-electron chi connectivity index (χ4n) is 1.34. The second-order valence-corrected chi connectivity index (χ2v) is 5.60. The monoisotopic (exact) mass is 285 g/mol. The van der Waals surface area contributed by atoms with Crippen molar-refractivity contribution in [2.45, 2.75) is 33.3 Å². The van der Waals surface area contributed by atoms with Crippen molar-refractivity contribution in [2.24, 2.45) is 0 Å². The molecule has 0 radical (unpaired) electrons. The summed E-state index contributed by atoms with van der Waals surface area (Å²) in [7, 11) is 0. The Kier molecular flexibility index (Phi) is 5.48. The number of nitrogens with one attached hydrogen (secondary N) is 1. The Labute approximate surface area is 119 Å². The predicted molar refractivity (Wildman–Crippen MR) is 75.9 cm³/mol. The largest absolute Gasteiger partial charge is 0.492 e. The molecule has 0 aliphatic carbocycles. The van der Waals surface area contributed by atoms with E-state index in [9.17, 15) is 4.79 Å². The van der Waals surface area contributed by atoms with Gasteiger partial charge < -0.3 is 14.8 Å². The number of aryl methyl sites for hydroxylation is 1. The average Bonchev–Trinajstić information content (AvgIpc) is 2.27. The molecule has 0 aromatic heterocycles. The van der Waals surface area contributed by atoms with E-state index in [4.69, 9.17) is 21.1 Å². The summed E-state index contributed by atoms with van der Waals surface area (Å²) in [5.41, 5.74) is 0.470. The van der Waals surface area contributed by atoms with Gasteiger partial charge in [-0.25, -0.2) is 4.79 Å². The van der Waals surface area contributed by atoms with E-state index < -0.39 is 11.7 Å². The van der Waals surface area contributed by atoms with Crippen LogP contribution in [0.5, 0.6) is 5.75 Å². The summed E-state index contributed by atoms with van der Waals surface area (Å²) in [6.45, 7) is 8.13. The Morgan fingerprint density at radius 3 is 2.63 bits per heavy atom. The molecule has 0 saturated heterocycles. The molecule has 1 N–H and O–H groups in total. The fourth-order valence-corrected chi connectivity index (χ4v) is 1.46. The van der Waals surface area contributed by atoms with Crippen LogP contribution in [-0.2, 0) is 4.74 Å². The van der Waals surface area contributed by atoms with Crippen LogP contribution in [0, 0.1) is 6.92 Å². The van der Waals surface area contributed by atoms with Crippen LogP contribution in [0.15, 0.2) is 18.2 Å². The van der Waals surface area contributed by atoms with Gasteiger partial charge in [0.05, 0.1) is 6.54 Å². The highest BCUT2D eigenvalue weighted by Gasteiger charge is 2.15. The third kappa shape index (κ3) is 6.34. The number of alkyl carbamates (subject to hydrolysis) is 1. The van der Waals surface area contributed by atoms with Gasteiger partial charge in [-0.1, -0.05) is 11.6 Å². The van der Waals surface area contributed by atoms with Gasteiger partial charge in [0, 0.05) is 5.02 Å². The summed E-state index contributed by atoms with van der Waals surface area (Å²) in [5.74, 6) is 0.730. The maximum absolute atomic E-state index is 11.4. The van der Waals surface area contributed by atoms with Crippen molar-refractivity contribution in [2.75, 3.05) is 13.2 Å². The molecule has 4 nitrogen and oxygen atoms in total. The molecule has 0 aliphatic rings. The second-order valence-electron chi connectivity index (χ2n) is 5.19. The van der Waals surface area contributed by atoms with Gasteiger partial charge in [-0.3, -0.25) is 0 Å². The lowest BCUT2D eigenvalue weighted by Crippen LogP contribution is -2.34. The molecule has 0 saturated carbocycles. The Balaban J connectivity index is 2.27. The molecule has 1 amide bonds. The fraction of sp³-hybridized carbons (Fsp3) is 0.500. The first-order chi connectivity index (χ1) is 8.78. The molecule has 1 aromatic carbocycles. The van der Waals surface area contributed by atoms with E-state index in [0.717, 1.165) is 11.3 Å². The lowest BCUT2D eigenvalue weighted by Gasteiger charge is -2.19. The minimum absolute atomic E-state index is 0.375. The molecule has 0 fully saturated rings. The number of carbonyl (C=O) groups is 1.